The summed E-state index contributed by atoms with van der Waals surface area (Å²) in [6, 6.07) is 15.1. The molecule has 1 atom stereocenters. The Morgan fingerprint density at radius 3 is 2.65 bits per heavy atom. The lowest BCUT2D eigenvalue weighted by atomic mass is 9.90. The molecule has 0 bridgehead atoms. The minimum atomic E-state index is -0.0796. The molecule has 5 rings (SSSR count). The lowest BCUT2D eigenvalue weighted by Gasteiger charge is -2.35. The molecule has 3 aromatic heterocycles. The fourth-order valence-electron chi connectivity index (χ4n) is 5.21. The van der Waals surface area contributed by atoms with Crippen molar-refractivity contribution in [1.29, 1.82) is 0 Å². The molecule has 6 nitrogen and oxygen atoms in total. The topological polar surface area (TPSA) is 71.0 Å². The number of pyridine rings is 2. The Labute approximate surface area is 222 Å². The van der Waals surface area contributed by atoms with Crippen LogP contribution in [0.1, 0.15) is 67.9 Å². The number of fused-ring (bicyclic) bond motifs is 1. The van der Waals surface area contributed by atoms with Crippen LogP contribution in [0.4, 0.5) is 0 Å². The van der Waals surface area contributed by atoms with Crippen molar-refractivity contribution in [2.24, 2.45) is 0 Å². The van der Waals surface area contributed by atoms with Crippen molar-refractivity contribution in [3.8, 4) is 0 Å². The van der Waals surface area contributed by atoms with Crippen LogP contribution in [0.2, 0.25) is 0 Å². The van der Waals surface area contributed by atoms with Crippen LogP contribution in [0, 0.1) is 13.8 Å². The molecule has 1 amide bonds. The van der Waals surface area contributed by atoms with Gasteiger partial charge in [-0.15, -0.1) is 11.3 Å². The first kappa shape index (κ1) is 25.2. The highest BCUT2D eigenvalue weighted by molar-refractivity contribution is 7.09. The van der Waals surface area contributed by atoms with Gasteiger partial charge in [0.1, 0.15) is 0 Å². The zero-order valence-electron chi connectivity index (χ0n) is 21.5. The van der Waals surface area contributed by atoms with E-state index in [1.54, 1.807) is 17.5 Å². The first-order valence-electron chi connectivity index (χ1n) is 12.9. The van der Waals surface area contributed by atoms with Gasteiger partial charge in [0.15, 0.2) is 0 Å². The van der Waals surface area contributed by atoms with E-state index in [9.17, 15) is 4.79 Å². The maximum absolute atomic E-state index is 12.7. The van der Waals surface area contributed by atoms with Crippen molar-refractivity contribution in [2.75, 3.05) is 6.54 Å². The SMILES string of the molecule is Cc1ccnc(C)c1C(=O)NCc1ccc(CN(CCc2nccs2)C2CCCc3cccnc32)cc1. The molecule has 0 saturated heterocycles. The van der Waals surface area contributed by atoms with Gasteiger partial charge in [-0.3, -0.25) is 19.7 Å². The highest BCUT2D eigenvalue weighted by Crippen LogP contribution is 2.34. The molecule has 1 aromatic carbocycles. The smallest absolute Gasteiger partial charge is 0.253 e. The van der Waals surface area contributed by atoms with E-state index in [1.165, 1.54) is 28.2 Å². The summed E-state index contributed by atoms with van der Waals surface area (Å²) in [5.74, 6) is -0.0796. The van der Waals surface area contributed by atoms with Gasteiger partial charge in [0.05, 0.1) is 28.0 Å². The van der Waals surface area contributed by atoms with Crippen LogP contribution in [-0.4, -0.2) is 32.3 Å². The van der Waals surface area contributed by atoms with E-state index >= 15 is 0 Å². The fraction of sp³-hybridized carbons (Fsp3) is 0.333. The van der Waals surface area contributed by atoms with Crippen LogP contribution >= 0.6 is 11.3 Å². The average molecular weight is 512 g/mol. The van der Waals surface area contributed by atoms with Crippen molar-refractivity contribution < 1.29 is 4.79 Å². The second kappa shape index (κ2) is 11.8. The lowest BCUT2D eigenvalue weighted by Crippen LogP contribution is -2.33. The lowest BCUT2D eigenvalue weighted by molar-refractivity contribution is 0.0949. The second-order valence-corrected chi connectivity index (χ2v) is 10.7. The maximum Gasteiger partial charge on any atom is 0.253 e. The number of carbonyl (C=O) groups excluding carboxylic acids is 1. The molecule has 4 aromatic rings. The fourth-order valence-corrected chi connectivity index (χ4v) is 5.82. The summed E-state index contributed by atoms with van der Waals surface area (Å²) >= 11 is 1.72. The summed E-state index contributed by atoms with van der Waals surface area (Å²) in [6.45, 7) is 6.10. The Morgan fingerprint density at radius 1 is 1.03 bits per heavy atom. The number of nitrogens with one attached hydrogen (secondary N) is 1. The Bertz CT molecular complexity index is 1320. The average Bonchev–Trinajstić information content (AvgIpc) is 3.44. The molecule has 1 unspecified atom stereocenters. The van der Waals surface area contributed by atoms with Crippen LogP contribution in [0.5, 0.6) is 0 Å². The number of rotatable bonds is 9. The minimum absolute atomic E-state index is 0.0796. The Balaban J connectivity index is 1.27. The number of hydrogen-bond donors (Lipinski definition) is 1. The van der Waals surface area contributed by atoms with Gasteiger partial charge in [0.25, 0.3) is 5.91 Å². The van der Waals surface area contributed by atoms with Gasteiger partial charge in [-0.05, 0) is 67.5 Å². The first-order valence-corrected chi connectivity index (χ1v) is 13.8. The molecule has 0 radical (unpaired) electrons. The van der Waals surface area contributed by atoms with Gasteiger partial charge in [0, 0.05) is 50.0 Å². The summed E-state index contributed by atoms with van der Waals surface area (Å²) in [5.41, 5.74) is 7.31. The quantitative estimate of drug-likeness (QED) is 0.317. The number of amides is 1. The van der Waals surface area contributed by atoms with Crippen LogP contribution in [-0.2, 0) is 25.9 Å². The third-order valence-electron chi connectivity index (χ3n) is 7.14. The van der Waals surface area contributed by atoms with Crippen molar-refractivity contribution >= 4 is 17.2 Å². The zero-order valence-corrected chi connectivity index (χ0v) is 22.3. The summed E-state index contributed by atoms with van der Waals surface area (Å²) in [6.07, 6.45) is 9.91. The Kier molecular flexibility index (Phi) is 8.02. The molecular weight excluding hydrogens is 478 g/mol. The molecule has 0 fully saturated rings. The van der Waals surface area contributed by atoms with Crippen molar-refractivity contribution in [1.82, 2.24) is 25.2 Å². The number of benzene rings is 1. The molecule has 37 heavy (non-hydrogen) atoms. The first-order chi connectivity index (χ1) is 18.1. The van der Waals surface area contributed by atoms with E-state index in [-0.39, 0.29) is 5.91 Å². The Hall–Kier alpha value is -3.42. The molecule has 0 aliphatic heterocycles. The van der Waals surface area contributed by atoms with E-state index in [0.717, 1.165) is 49.2 Å². The number of thiazole rings is 1. The van der Waals surface area contributed by atoms with Gasteiger partial charge < -0.3 is 5.32 Å². The van der Waals surface area contributed by atoms with E-state index < -0.39 is 0 Å². The highest BCUT2D eigenvalue weighted by atomic mass is 32.1. The molecule has 1 aliphatic rings. The standard InChI is InChI=1S/C30H33N5OS/c1-21-12-15-31-22(2)28(21)30(36)34-19-23-8-10-24(11-9-23)20-35(17-13-27-32-16-18-37-27)26-7-3-5-25-6-4-14-33-29(25)26/h4,6,8-12,14-16,18,26H,3,5,7,13,17,19-20H2,1-2H3,(H,34,36). The number of hydrogen-bond acceptors (Lipinski definition) is 6. The number of aromatic nitrogens is 3. The van der Waals surface area contributed by atoms with Gasteiger partial charge in [-0.2, -0.15) is 0 Å². The molecule has 1 N–H and O–H groups in total. The summed E-state index contributed by atoms with van der Waals surface area (Å²) < 4.78 is 0. The van der Waals surface area contributed by atoms with Gasteiger partial charge in [-0.1, -0.05) is 30.3 Å². The van der Waals surface area contributed by atoms with Crippen LogP contribution in [0.15, 0.2) is 66.4 Å². The second-order valence-electron chi connectivity index (χ2n) is 9.69. The summed E-state index contributed by atoms with van der Waals surface area (Å²) in [7, 11) is 0. The molecule has 0 saturated carbocycles. The highest BCUT2D eigenvalue weighted by Gasteiger charge is 2.27. The van der Waals surface area contributed by atoms with Gasteiger partial charge >= 0.3 is 0 Å². The number of carbonyl (C=O) groups is 1. The van der Waals surface area contributed by atoms with E-state index in [2.05, 4.69) is 56.6 Å². The molecule has 0 spiro atoms. The summed E-state index contributed by atoms with van der Waals surface area (Å²) in [5, 5.41) is 6.27. The van der Waals surface area contributed by atoms with Gasteiger partial charge in [0.2, 0.25) is 0 Å². The van der Waals surface area contributed by atoms with Crippen molar-refractivity contribution in [2.45, 2.75) is 58.7 Å². The van der Waals surface area contributed by atoms with Crippen LogP contribution in [0.3, 0.4) is 0 Å². The predicted molar refractivity (Wildman–Crippen MR) is 147 cm³/mol. The largest absolute Gasteiger partial charge is 0.348 e. The third-order valence-corrected chi connectivity index (χ3v) is 7.98. The normalized spacial score (nSPS) is 14.9. The number of nitrogens with zero attached hydrogens (tertiary/aromatic N) is 4. The predicted octanol–water partition coefficient (Wildman–Crippen LogP) is 5.60. The van der Waals surface area contributed by atoms with Crippen molar-refractivity contribution in [3.63, 3.8) is 0 Å². The molecule has 3 heterocycles. The van der Waals surface area contributed by atoms with Crippen LogP contribution < -0.4 is 5.32 Å². The monoisotopic (exact) mass is 511 g/mol. The summed E-state index contributed by atoms with van der Waals surface area (Å²) in [4.78, 5) is 28.9. The third kappa shape index (κ3) is 6.12. The van der Waals surface area contributed by atoms with E-state index in [4.69, 9.17) is 4.98 Å². The van der Waals surface area contributed by atoms with E-state index in [0.29, 0.717) is 18.2 Å². The molecule has 1 aliphatic carbocycles. The zero-order chi connectivity index (χ0) is 25.6. The minimum Gasteiger partial charge on any atom is -0.348 e. The maximum atomic E-state index is 12.7. The Morgan fingerprint density at radius 2 is 1.86 bits per heavy atom. The molecule has 190 valence electrons. The number of aryl methyl sites for hydroxylation is 3. The van der Waals surface area contributed by atoms with E-state index in [1.807, 2.05) is 37.7 Å². The molecule has 7 heteroatoms. The molecular formula is C30H33N5OS. The van der Waals surface area contributed by atoms with Gasteiger partial charge in [-0.25, -0.2) is 4.98 Å². The van der Waals surface area contributed by atoms with Crippen LogP contribution in [0.25, 0.3) is 0 Å². The van der Waals surface area contributed by atoms with Crippen molar-refractivity contribution in [3.05, 3.63) is 111 Å².